The summed E-state index contributed by atoms with van der Waals surface area (Å²) in [5.74, 6) is 2.33. The molecule has 96 valence electrons. The van der Waals surface area contributed by atoms with Crippen LogP contribution in [0, 0.1) is 5.92 Å². The van der Waals surface area contributed by atoms with Crippen molar-refractivity contribution in [3.8, 4) is 5.88 Å². The van der Waals surface area contributed by atoms with Crippen LogP contribution < -0.4 is 4.74 Å². The van der Waals surface area contributed by atoms with Crippen molar-refractivity contribution >= 4 is 5.65 Å². The predicted octanol–water partition coefficient (Wildman–Crippen LogP) is 1.23. The minimum absolute atomic E-state index is 0.679. The summed E-state index contributed by atoms with van der Waals surface area (Å²) in [5, 5.41) is 4.53. The van der Waals surface area contributed by atoms with Crippen LogP contribution >= 0.6 is 0 Å². The number of nitrogens with zero attached hydrogens (tertiary/aromatic N) is 4. The first-order valence-electron chi connectivity index (χ1n) is 6.33. The van der Waals surface area contributed by atoms with Gasteiger partial charge in [0.1, 0.15) is 0 Å². The molecule has 0 radical (unpaired) electrons. The molecule has 0 aromatic carbocycles. The van der Waals surface area contributed by atoms with Gasteiger partial charge < -0.3 is 9.64 Å². The van der Waals surface area contributed by atoms with Gasteiger partial charge in [0.2, 0.25) is 5.88 Å². The molecule has 1 aliphatic heterocycles. The van der Waals surface area contributed by atoms with Crippen LogP contribution in [0.25, 0.3) is 5.65 Å². The van der Waals surface area contributed by atoms with Gasteiger partial charge in [0.25, 0.3) is 0 Å². The molecule has 1 unspecified atom stereocenters. The van der Waals surface area contributed by atoms with E-state index in [9.17, 15) is 0 Å². The van der Waals surface area contributed by atoms with Crippen LogP contribution in [0.15, 0.2) is 18.2 Å². The summed E-state index contributed by atoms with van der Waals surface area (Å²) in [6.07, 6.45) is 2.19. The van der Waals surface area contributed by atoms with Crippen molar-refractivity contribution in [2.24, 2.45) is 5.92 Å². The number of hydrogen-bond donors (Lipinski definition) is 0. The Balaban J connectivity index is 1.85. The zero-order valence-electron chi connectivity index (χ0n) is 10.8. The van der Waals surface area contributed by atoms with Gasteiger partial charge in [-0.2, -0.15) is 4.52 Å². The first-order chi connectivity index (χ1) is 8.76. The Hall–Kier alpha value is -1.62. The molecule has 3 rings (SSSR count). The van der Waals surface area contributed by atoms with Gasteiger partial charge in [0, 0.05) is 19.0 Å². The number of rotatable bonds is 3. The number of methoxy groups -OCH3 is 1. The Morgan fingerprint density at radius 2 is 2.33 bits per heavy atom. The summed E-state index contributed by atoms with van der Waals surface area (Å²) in [4.78, 5) is 6.93. The molecule has 0 N–H and O–H groups in total. The van der Waals surface area contributed by atoms with E-state index in [-0.39, 0.29) is 0 Å². The van der Waals surface area contributed by atoms with Gasteiger partial charge in [-0.3, -0.25) is 0 Å². The molecule has 0 aliphatic carbocycles. The Kier molecular flexibility index (Phi) is 2.91. The summed E-state index contributed by atoms with van der Waals surface area (Å²) in [6, 6.07) is 5.80. The molecular weight excluding hydrogens is 228 g/mol. The first-order valence-corrected chi connectivity index (χ1v) is 6.33. The Labute approximate surface area is 106 Å². The molecule has 0 saturated carbocycles. The highest BCUT2D eigenvalue weighted by Gasteiger charge is 2.21. The zero-order valence-corrected chi connectivity index (χ0v) is 10.8. The average molecular weight is 246 g/mol. The van der Waals surface area contributed by atoms with E-state index in [2.05, 4.69) is 22.0 Å². The monoisotopic (exact) mass is 246 g/mol. The maximum absolute atomic E-state index is 5.28. The molecule has 5 nitrogen and oxygen atoms in total. The molecule has 2 aromatic rings. The quantitative estimate of drug-likeness (QED) is 0.817. The number of pyridine rings is 1. The van der Waals surface area contributed by atoms with E-state index in [1.165, 1.54) is 13.0 Å². The molecule has 1 fully saturated rings. The van der Waals surface area contributed by atoms with Crippen molar-refractivity contribution in [3.63, 3.8) is 0 Å². The molecule has 1 atom stereocenters. The first kappa shape index (κ1) is 11.5. The molecule has 18 heavy (non-hydrogen) atoms. The summed E-state index contributed by atoms with van der Waals surface area (Å²) < 4.78 is 7.05. The molecular formula is C13H18N4O. The van der Waals surface area contributed by atoms with E-state index >= 15 is 0 Å². The molecule has 5 heteroatoms. The second-order valence-electron chi connectivity index (χ2n) is 4.99. The van der Waals surface area contributed by atoms with Crippen molar-refractivity contribution in [2.75, 3.05) is 27.2 Å². The van der Waals surface area contributed by atoms with Gasteiger partial charge in [-0.05, 0) is 32.0 Å². The molecule has 2 aromatic heterocycles. The number of fused-ring (bicyclic) bond motifs is 1. The van der Waals surface area contributed by atoms with Crippen molar-refractivity contribution in [1.29, 1.82) is 0 Å². The number of ether oxygens (including phenoxy) is 1. The van der Waals surface area contributed by atoms with Crippen molar-refractivity contribution in [1.82, 2.24) is 19.5 Å². The maximum atomic E-state index is 5.28. The minimum atomic E-state index is 0.679. The van der Waals surface area contributed by atoms with Gasteiger partial charge >= 0.3 is 0 Å². The standard InChI is InChI=1S/C13H18N4O/c1-16-7-6-10(9-16)8-11-14-12-4-3-5-13(18-2)17(12)15-11/h3-5,10H,6-9H2,1-2H3. The number of likely N-dealkylation sites (tertiary alicyclic amines) is 1. The summed E-state index contributed by atoms with van der Waals surface area (Å²) in [5.41, 5.74) is 0.857. The lowest BCUT2D eigenvalue weighted by molar-refractivity contribution is 0.383. The largest absolute Gasteiger partial charge is 0.481 e. The lowest BCUT2D eigenvalue weighted by atomic mass is 10.1. The third-order valence-electron chi connectivity index (χ3n) is 3.54. The summed E-state index contributed by atoms with van der Waals surface area (Å²) >= 11 is 0. The van der Waals surface area contributed by atoms with E-state index in [1.54, 1.807) is 11.6 Å². The van der Waals surface area contributed by atoms with Crippen molar-refractivity contribution < 1.29 is 4.74 Å². The lowest BCUT2D eigenvalue weighted by Gasteiger charge is -2.07. The zero-order chi connectivity index (χ0) is 12.5. The van der Waals surface area contributed by atoms with Crippen LogP contribution in [0.2, 0.25) is 0 Å². The minimum Gasteiger partial charge on any atom is -0.481 e. The second kappa shape index (κ2) is 4.57. The van der Waals surface area contributed by atoms with Gasteiger partial charge in [-0.25, -0.2) is 4.98 Å². The van der Waals surface area contributed by atoms with E-state index in [0.29, 0.717) is 5.92 Å². The Morgan fingerprint density at radius 3 is 3.06 bits per heavy atom. The van der Waals surface area contributed by atoms with Gasteiger partial charge in [0.05, 0.1) is 7.11 Å². The van der Waals surface area contributed by atoms with Gasteiger partial charge in [0.15, 0.2) is 11.5 Å². The highest BCUT2D eigenvalue weighted by atomic mass is 16.5. The average Bonchev–Trinajstić information content (AvgIpc) is 2.94. The molecule has 1 saturated heterocycles. The maximum Gasteiger partial charge on any atom is 0.216 e. The third-order valence-corrected chi connectivity index (χ3v) is 3.54. The lowest BCUT2D eigenvalue weighted by Crippen LogP contribution is -2.15. The Morgan fingerprint density at radius 1 is 1.44 bits per heavy atom. The fraction of sp³-hybridized carbons (Fsp3) is 0.538. The summed E-state index contributed by atoms with van der Waals surface area (Å²) in [7, 11) is 3.82. The smallest absolute Gasteiger partial charge is 0.216 e. The Bertz CT molecular complexity index is 551. The van der Waals surface area contributed by atoms with Crippen LogP contribution in [0.4, 0.5) is 0 Å². The van der Waals surface area contributed by atoms with Gasteiger partial charge in [-0.1, -0.05) is 6.07 Å². The van der Waals surface area contributed by atoms with Crippen LogP contribution in [0.5, 0.6) is 5.88 Å². The normalized spacial score (nSPS) is 20.7. The topological polar surface area (TPSA) is 42.7 Å². The van der Waals surface area contributed by atoms with Crippen molar-refractivity contribution in [2.45, 2.75) is 12.8 Å². The molecule has 0 bridgehead atoms. The van der Waals surface area contributed by atoms with E-state index in [0.717, 1.165) is 30.3 Å². The highest BCUT2D eigenvalue weighted by Crippen LogP contribution is 2.19. The fourth-order valence-electron chi connectivity index (χ4n) is 2.62. The predicted molar refractivity (Wildman–Crippen MR) is 68.8 cm³/mol. The van der Waals surface area contributed by atoms with E-state index < -0.39 is 0 Å². The number of aromatic nitrogens is 3. The second-order valence-corrected chi connectivity index (χ2v) is 4.99. The van der Waals surface area contributed by atoms with Crippen LogP contribution in [-0.4, -0.2) is 46.7 Å². The van der Waals surface area contributed by atoms with Gasteiger partial charge in [-0.15, -0.1) is 5.10 Å². The third kappa shape index (κ3) is 2.06. The van der Waals surface area contributed by atoms with Crippen molar-refractivity contribution in [3.05, 3.63) is 24.0 Å². The van der Waals surface area contributed by atoms with E-state index in [1.807, 2.05) is 18.2 Å². The molecule has 0 amide bonds. The molecule has 0 spiro atoms. The molecule has 3 heterocycles. The van der Waals surface area contributed by atoms with Crippen LogP contribution in [0.3, 0.4) is 0 Å². The summed E-state index contributed by atoms with van der Waals surface area (Å²) in [6.45, 7) is 2.33. The fourth-order valence-corrected chi connectivity index (χ4v) is 2.62. The SMILES string of the molecule is COc1cccc2nc(CC3CCN(C)C3)nn12. The number of hydrogen-bond acceptors (Lipinski definition) is 4. The molecule has 1 aliphatic rings. The van der Waals surface area contributed by atoms with E-state index in [4.69, 9.17) is 4.74 Å². The highest BCUT2D eigenvalue weighted by molar-refractivity contribution is 5.40. The van der Waals surface area contributed by atoms with Crippen LogP contribution in [-0.2, 0) is 6.42 Å². The van der Waals surface area contributed by atoms with Crippen LogP contribution in [0.1, 0.15) is 12.2 Å².